The van der Waals surface area contributed by atoms with Crippen LogP contribution in [0.5, 0.6) is 0 Å². The lowest BCUT2D eigenvalue weighted by molar-refractivity contribution is -0.0509. The zero-order valence-electron chi connectivity index (χ0n) is 18.8. The SMILES string of the molecule is COC1CN(c2ccc3c(n2)CCC(NC(=O)c2sc4nc(C)ccc4c2N)C3(F)F)CC1N. The normalized spacial score (nSPS) is 23.8. The Hall–Kier alpha value is -2.89. The summed E-state index contributed by atoms with van der Waals surface area (Å²) in [6.45, 7) is 2.94. The predicted molar refractivity (Wildman–Crippen MR) is 127 cm³/mol. The van der Waals surface area contributed by atoms with E-state index in [0.29, 0.717) is 41.2 Å². The lowest BCUT2D eigenvalue weighted by Crippen LogP contribution is -2.49. The first kappa shape index (κ1) is 22.9. The van der Waals surface area contributed by atoms with Crippen LogP contribution in [0.15, 0.2) is 24.3 Å². The van der Waals surface area contributed by atoms with Gasteiger partial charge in [-0.1, -0.05) is 0 Å². The number of nitrogen functional groups attached to an aromatic ring is 1. The Balaban J connectivity index is 1.36. The number of carbonyl (C=O) groups is 1. The van der Waals surface area contributed by atoms with Crippen molar-refractivity contribution in [2.24, 2.45) is 5.73 Å². The number of thiophene rings is 1. The van der Waals surface area contributed by atoms with Gasteiger partial charge in [-0.15, -0.1) is 11.3 Å². The average Bonchev–Trinajstić information content (AvgIpc) is 3.34. The molecule has 0 aromatic carbocycles. The Morgan fingerprint density at radius 1 is 1.26 bits per heavy atom. The molecule has 1 aliphatic carbocycles. The molecule has 0 bridgehead atoms. The first-order valence-corrected chi connectivity index (χ1v) is 11.9. The highest BCUT2D eigenvalue weighted by Gasteiger charge is 2.47. The minimum atomic E-state index is -3.27. The summed E-state index contributed by atoms with van der Waals surface area (Å²) in [7, 11) is 1.60. The van der Waals surface area contributed by atoms with Crippen LogP contribution in [0.4, 0.5) is 20.3 Å². The Bertz CT molecular complexity index is 1270. The van der Waals surface area contributed by atoms with Crippen LogP contribution in [0, 0.1) is 6.92 Å². The molecule has 34 heavy (non-hydrogen) atoms. The summed E-state index contributed by atoms with van der Waals surface area (Å²) < 4.78 is 36.2. The number of aromatic nitrogens is 2. The quantitative estimate of drug-likeness (QED) is 0.516. The Kier molecular flexibility index (Phi) is 5.65. The van der Waals surface area contributed by atoms with E-state index in [4.69, 9.17) is 16.2 Å². The molecule has 180 valence electrons. The second kappa shape index (κ2) is 8.40. The minimum absolute atomic E-state index is 0.0601. The van der Waals surface area contributed by atoms with E-state index < -0.39 is 17.9 Å². The number of nitrogens with two attached hydrogens (primary N) is 2. The number of nitrogens with zero attached hydrogens (tertiary/aromatic N) is 3. The largest absolute Gasteiger partial charge is 0.397 e. The summed E-state index contributed by atoms with van der Waals surface area (Å²) in [6, 6.07) is 5.05. The van der Waals surface area contributed by atoms with Crippen LogP contribution in [0.3, 0.4) is 0 Å². The molecule has 0 spiro atoms. The molecule has 3 atom stereocenters. The Morgan fingerprint density at radius 2 is 2.06 bits per heavy atom. The molecular weight excluding hydrogens is 462 g/mol. The number of halogens is 2. The van der Waals surface area contributed by atoms with Gasteiger partial charge in [-0.25, -0.2) is 9.97 Å². The summed E-state index contributed by atoms with van der Waals surface area (Å²) in [5.41, 5.74) is 13.4. The van der Waals surface area contributed by atoms with Crippen molar-refractivity contribution in [2.75, 3.05) is 30.8 Å². The molecule has 0 saturated carbocycles. The van der Waals surface area contributed by atoms with Crippen molar-refractivity contribution in [1.82, 2.24) is 15.3 Å². The number of pyridine rings is 2. The fraction of sp³-hybridized carbons (Fsp3) is 0.435. The van der Waals surface area contributed by atoms with Crippen molar-refractivity contribution in [3.63, 3.8) is 0 Å². The average molecular weight is 489 g/mol. The van der Waals surface area contributed by atoms with Gasteiger partial charge in [0, 0.05) is 36.8 Å². The van der Waals surface area contributed by atoms with E-state index in [-0.39, 0.29) is 34.7 Å². The van der Waals surface area contributed by atoms with Crippen LogP contribution in [0.2, 0.25) is 0 Å². The first-order valence-electron chi connectivity index (χ1n) is 11.1. The van der Waals surface area contributed by atoms with Gasteiger partial charge in [0.05, 0.1) is 29.6 Å². The molecule has 5 N–H and O–H groups in total. The monoisotopic (exact) mass is 488 g/mol. The molecule has 1 aliphatic heterocycles. The van der Waals surface area contributed by atoms with Crippen molar-refractivity contribution in [1.29, 1.82) is 0 Å². The maximum absolute atomic E-state index is 15.4. The van der Waals surface area contributed by atoms with E-state index >= 15 is 8.78 Å². The Labute approximate surface area is 199 Å². The fourth-order valence-corrected chi connectivity index (χ4v) is 5.73. The van der Waals surface area contributed by atoms with Gasteiger partial charge in [0.15, 0.2) is 0 Å². The molecule has 3 unspecified atom stereocenters. The van der Waals surface area contributed by atoms with Gasteiger partial charge in [-0.3, -0.25) is 4.79 Å². The Morgan fingerprint density at radius 3 is 2.79 bits per heavy atom. The molecule has 2 aliphatic rings. The molecular formula is C23H26F2N6O2S. The second-order valence-electron chi connectivity index (χ2n) is 8.84. The van der Waals surface area contributed by atoms with Crippen LogP contribution < -0.4 is 21.7 Å². The topological polar surface area (TPSA) is 119 Å². The first-order chi connectivity index (χ1) is 16.2. The fourth-order valence-electron chi connectivity index (χ4n) is 4.69. The van der Waals surface area contributed by atoms with E-state index in [1.165, 1.54) is 6.07 Å². The molecule has 8 nitrogen and oxygen atoms in total. The summed E-state index contributed by atoms with van der Waals surface area (Å²) >= 11 is 1.11. The number of anilines is 2. The molecule has 3 aromatic heterocycles. The van der Waals surface area contributed by atoms with E-state index in [0.717, 1.165) is 17.0 Å². The third-order valence-electron chi connectivity index (χ3n) is 6.61. The maximum Gasteiger partial charge on any atom is 0.294 e. The number of ether oxygens (including phenoxy) is 1. The van der Waals surface area contributed by atoms with Crippen molar-refractivity contribution in [3.05, 3.63) is 46.1 Å². The highest BCUT2D eigenvalue weighted by atomic mass is 32.1. The van der Waals surface area contributed by atoms with Crippen molar-refractivity contribution >= 4 is 39.0 Å². The summed E-state index contributed by atoms with van der Waals surface area (Å²) in [6.07, 6.45) is 0.254. The molecule has 3 aromatic rings. The number of carbonyl (C=O) groups excluding carboxylic acids is 1. The number of nitrogens with one attached hydrogen (secondary N) is 1. The summed E-state index contributed by atoms with van der Waals surface area (Å²) in [5, 5.41) is 3.16. The van der Waals surface area contributed by atoms with E-state index in [2.05, 4.69) is 15.3 Å². The van der Waals surface area contributed by atoms with Crippen molar-refractivity contribution in [2.45, 2.75) is 43.9 Å². The zero-order chi connectivity index (χ0) is 24.2. The summed E-state index contributed by atoms with van der Waals surface area (Å²) in [4.78, 5) is 24.6. The van der Waals surface area contributed by atoms with Crippen LogP contribution in [-0.2, 0) is 17.1 Å². The highest BCUT2D eigenvalue weighted by Crippen LogP contribution is 2.41. The van der Waals surface area contributed by atoms with Gasteiger partial charge in [-0.2, -0.15) is 8.78 Å². The second-order valence-corrected chi connectivity index (χ2v) is 9.84. The molecule has 0 radical (unpaired) electrons. The molecule has 1 saturated heterocycles. The lowest BCUT2D eigenvalue weighted by atomic mass is 9.88. The van der Waals surface area contributed by atoms with Gasteiger partial charge < -0.3 is 26.4 Å². The third-order valence-corrected chi connectivity index (χ3v) is 7.72. The van der Waals surface area contributed by atoms with Gasteiger partial charge >= 0.3 is 0 Å². The third kappa shape index (κ3) is 3.77. The standard InChI is InChI=1S/C23H26F2N6O2S/c1-11-3-4-12-19(27)20(34-22(12)28-11)21(32)30-17-7-6-15-13(23(17,24)25)5-8-18(29-15)31-9-14(26)16(10-31)33-2/h3-5,8,14,16-17H,6-7,9-10,26-27H2,1-2H3,(H,30,32). The number of rotatable bonds is 4. The number of hydrogen-bond acceptors (Lipinski definition) is 8. The number of hydrogen-bond donors (Lipinski definition) is 3. The molecule has 1 amide bonds. The van der Waals surface area contributed by atoms with Gasteiger partial charge in [0.1, 0.15) is 15.5 Å². The molecule has 4 heterocycles. The number of alkyl halides is 2. The predicted octanol–water partition coefficient (Wildman–Crippen LogP) is 2.58. The minimum Gasteiger partial charge on any atom is -0.397 e. The zero-order valence-corrected chi connectivity index (χ0v) is 19.7. The maximum atomic E-state index is 15.4. The highest BCUT2D eigenvalue weighted by molar-refractivity contribution is 7.21. The smallest absolute Gasteiger partial charge is 0.294 e. The number of aryl methyl sites for hydroxylation is 2. The number of methoxy groups -OCH3 is 1. The van der Waals surface area contributed by atoms with Gasteiger partial charge in [0.2, 0.25) is 0 Å². The molecule has 1 fully saturated rings. The number of amides is 1. The van der Waals surface area contributed by atoms with E-state index in [1.54, 1.807) is 25.3 Å². The molecule has 11 heteroatoms. The van der Waals surface area contributed by atoms with Crippen LogP contribution in [0.1, 0.15) is 33.0 Å². The van der Waals surface area contributed by atoms with Crippen molar-refractivity contribution in [3.8, 4) is 0 Å². The summed E-state index contributed by atoms with van der Waals surface area (Å²) in [5.74, 6) is -3.29. The lowest BCUT2D eigenvalue weighted by Gasteiger charge is -2.33. The number of fused-ring (bicyclic) bond motifs is 2. The molecule has 5 rings (SSSR count). The van der Waals surface area contributed by atoms with E-state index in [9.17, 15) is 4.79 Å². The van der Waals surface area contributed by atoms with Crippen LogP contribution in [-0.4, -0.2) is 54.3 Å². The van der Waals surface area contributed by atoms with Gasteiger partial charge in [0.25, 0.3) is 11.8 Å². The van der Waals surface area contributed by atoms with Crippen molar-refractivity contribution < 1.29 is 18.3 Å². The van der Waals surface area contributed by atoms with Crippen LogP contribution >= 0.6 is 11.3 Å². The van der Waals surface area contributed by atoms with E-state index in [1.807, 2.05) is 11.8 Å². The van der Waals surface area contributed by atoms with Gasteiger partial charge in [-0.05, 0) is 44.0 Å². The van der Waals surface area contributed by atoms with Crippen LogP contribution in [0.25, 0.3) is 10.2 Å².